The lowest BCUT2D eigenvalue weighted by Crippen LogP contribution is -2.56. The van der Waals surface area contributed by atoms with Crippen LogP contribution in [-0.4, -0.2) is 89.0 Å². The molecule has 3 aliphatic carbocycles. The Bertz CT molecular complexity index is 2610. The summed E-state index contributed by atoms with van der Waals surface area (Å²) in [4.78, 5) is 3.35. The van der Waals surface area contributed by atoms with Gasteiger partial charge in [0.1, 0.15) is 29.0 Å². The molecular formula is C54H66N4O8. The van der Waals surface area contributed by atoms with Crippen LogP contribution in [0.15, 0.2) is 66.9 Å². The van der Waals surface area contributed by atoms with E-state index >= 15 is 0 Å². The van der Waals surface area contributed by atoms with Gasteiger partial charge in [-0.25, -0.2) is 0 Å². The van der Waals surface area contributed by atoms with E-state index in [1.165, 1.54) is 18.4 Å². The van der Waals surface area contributed by atoms with Crippen molar-refractivity contribution in [1.82, 2.24) is 20.9 Å². The smallest absolute Gasteiger partial charge is 0.160 e. The Morgan fingerprint density at radius 1 is 0.924 bits per heavy atom. The topological polar surface area (TPSA) is 170 Å². The molecule has 12 heteroatoms. The van der Waals surface area contributed by atoms with Gasteiger partial charge in [-0.1, -0.05) is 57.0 Å². The number of hydrogen-bond acceptors (Lipinski definition) is 11. The highest BCUT2D eigenvalue weighted by molar-refractivity contribution is 5.89. The number of H-pyrrole nitrogens is 1. The first-order valence-electron chi connectivity index (χ1n) is 24.1. The third-order valence-electron chi connectivity index (χ3n) is 14.9. The molecule has 0 spiro atoms. The molecule has 12 nitrogen and oxygen atoms in total. The predicted octanol–water partition coefficient (Wildman–Crippen LogP) is 8.25. The van der Waals surface area contributed by atoms with Crippen LogP contribution in [0, 0.1) is 5.92 Å². The summed E-state index contributed by atoms with van der Waals surface area (Å²) in [5.74, 6) is 2.49. The molecule has 2 aliphatic heterocycles. The van der Waals surface area contributed by atoms with E-state index in [0.717, 1.165) is 79.8 Å². The minimum atomic E-state index is -0.987. The molecule has 0 saturated heterocycles. The summed E-state index contributed by atoms with van der Waals surface area (Å²) in [6.07, 6.45) is 12.9. The SMILES string of the molecule is COc1cc([C@H]2Oc3c(c4c(c5c3CC[C@H](CO)O5)-c3ccc(O)c5c3[C@H](C4)[C@@H](c3ccc4[nH]ccc4c3)C=C5)C[C@@]2(CNCNC[C@@](C)(O)CC(C)C)OCNC2CCCC2)ccc1O. The number of aliphatic hydroxyl groups is 2. The van der Waals surface area contributed by atoms with Crippen LogP contribution in [0.1, 0.15) is 116 Å². The number of aromatic amines is 1. The van der Waals surface area contributed by atoms with Crippen LogP contribution < -0.4 is 30.2 Å². The van der Waals surface area contributed by atoms with Crippen molar-refractivity contribution >= 4 is 17.0 Å². The number of aliphatic hydroxyl groups excluding tert-OH is 1. The Balaban J connectivity index is 1.13. The summed E-state index contributed by atoms with van der Waals surface area (Å²) in [5.41, 5.74) is 8.36. The van der Waals surface area contributed by atoms with Gasteiger partial charge >= 0.3 is 0 Å². The molecular weight excluding hydrogens is 833 g/mol. The van der Waals surface area contributed by atoms with Gasteiger partial charge in [0.2, 0.25) is 0 Å². The van der Waals surface area contributed by atoms with Crippen LogP contribution >= 0.6 is 0 Å². The van der Waals surface area contributed by atoms with E-state index in [0.29, 0.717) is 76.3 Å². The number of phenols is 2. The molecule has 350 valence electrons. The maximum atomic E-state index is 11.5. The molecule has 0 amide bonds. The molecule has 3 heterocycles. The minimum absolute atomic E-state index is 0.0160. The van der Waals surface area contributed by atoms with Crippen molar-refractivity contribution in [2.24, 2.45) is 5.92 Å². The number of allylic oxidation sites excluding steroid dienone is 1. The standard InChI is InChI=1S/C54H66N4O8/c1-31(2)24-53(3,62)27-55-29-56-28-54(64-30-58-35-7-5-6-8-35)25-43-42-23-41-37(32-9-16-44-33(21-32)19-20-57-44)13-14-38-45(60)18-15-39(48(38)41)49(42)51-40(12-11-36(26-59)65-51)50(43)66-52(54)34-10-17-46(61)47(22-34)63-4/h9-10,13-22,31,35-37,41,52,55-62H,5-8,11-12,23-30H2,1-4H3/t36-,37-,41-,52-,53+,54+/m1/s1. The second-order valence-corrected chi connectivity index (χ2v) is 20.2. The zero-order valence-electron chi connectivity index (χ0n) is 38.7. The van der Waals surface area contributed by atoms with E-state index in [9.17, 15) is 20.4 Å². The molecule has 1 aromatic heterocycles. The fraction of sp³-hybridized carbons (Fsp3) is 0.481. The lowest BCUT2D eigenvalue weighted by molar-refractivity contribution is -0.131. The third kappa shape index (κ3) is 8.34. The largest absolute Gasteiger partial charge is 0.507 e. The number of nitrogens with one attached hydrogen (secondary N) is 4. The van der Waals surface area contributed by atoms with Crippen molar-refractivity contribution in [1.29, 1.82) is 0 Å². The van der Waals surface area contributed by atoms with Crippen molar-refractivity contribution in [3.8, 4) is 39.9 Å². The fourth-order valence-corrected chi connectivity index (χ4v) is 12.0. The molecule has 5 aliphatic rings. The van der Waals surface area contributed by atoms with Crippen LogP contribution in [0.4, 0.5) is 0 Å². The Labute approximate surface area is 387 Å². The number of hydrogen-bond donors (Lipinski definition) is 8. The first-order chi connectivity index (χ1) is 32.0. The van der Waals surface area contributed by atoms with Crippen LogP contribution in [0.3, 0.4) is 0 Å². The normalized spacial score (nSPS) is 24.0. The highest BCUT2D eigenvalue weighted by Crippen LogP contribution is 2.60. The Morgan fingerprint density at radius 2 is 1.74 bits per heavy atom. The summed E-state index contributed by atoms with van der Waals surface area (Å²) < 4.78 is 27.5. The molecule has 1 fully saturated rings. The van der Waals surface area contributed by atoms with Crippen molar-refractivity contribution in [3.63, 3.8) is 0 Å². The zero-order chi connectivity index (χ0) is 45.7. The fourth-order valence-electron chi connectivity index (χ4n) is 12.0. The van der Waals surface area contributed by atoms with Gasteiger partial charge in [-0.05, 0) is 127 Å². The molecule has 8 N–H and O–H groups in total. The van der Waals surface area contributed by atoms with Crippen LogP contribution in [0.2, 0.25) is 0 Å². The number of rotatable bonds is 16. The molecule has 10 rings (SSSR count). The second-order valence-electron chi connectivity index (χ2n) is 20.2. The number of aromatic nitrogens is 1. The molecule has 0 radical (unpaired) electrons. The van der Waals surface area contributed by atoms with Crippen LogP contribution in [0.5, 0.6) is 28.7 Å². The predicted molar refractivity (Wildman–Crippen MR) is 257 cm³/mol. The maximum Gasteiger partial charge on any atom is 0.160 e. The summed E-state index contributed by atoms with van der Waals surface area (Å²) in [6.45, 7) is 7.56. The average Bonchev–Trinajstić information content (AvgIpc) is 4.02. The molecule has 0 unspecified atom stereocenters. The minimum Gasteiger partial charge on any atom is -0.507 e. The molecule has 6 atom stereocenters. The van der Waals surface area contributed by atoms with Gasteiger partial charge in [-0.15, -0.1) is 0 Å². The van der Waals surface area contributed by atoms with E-state index < -0.39 is 17.3 Å². The Hall–Kier alpha value is -5.08. The van der Waals surface area contributed by atoms with Gasteiger partial charge in [0, 0.05) is 72.1 Å². The first-order valence-corrected chi connectivity index (χ1v) is 24.1. The van der Waals surface area contributed by atoms with E-state index in [-0.39, 0.29) is 36.0 Å². The van der Waals surface area contributed by atoms with Crippen molar-refractivity contribution in [2.45, 2.75) is 120 Å². The van der Waals surface area contributed by atoms with Crippen molar-refractivity contribution in [2.75, 3.05) is 40.2 Å². The quantitative estimate of drug-likeness (QED) is 0.0355. The van der Waals surface area contributed by atoms with Crippen LogP contribution in [0.25, 0.3) is 28.1 Å². The van der Waals surface area contributed by atoms with E-state index in [1.54, 1.807) is 19.2 Å². The first kappa shape index (κ1) is 44.7. The summed E-state index contributed by atoms with van der Waals surface area (Å²) in [6, 6.07) is 18.4. The summed E-state index contributed by atoms with van der Waals surface area (Å²) in [7, 11) is 1.55. The lowest BCUT2D eigenvalue weighted by Gasteiger charge is -2.48. The molecule has 0 bridgehead atoms. The lowest BCUT2D eigenvalue weighted by atomic mass is 9.64. The average molecular weight is 899 g/mol. The van der Waals surface area contributed by atoms with Gasteiger partial charge < -0.3 is 55.0 Å². The Kier molecular flexibility index (Phi) is 12.3. The van der Waals surface area contributed by atoms with Gasteiger partial charge in [-0.2, -0.15) is 0 Å². The molecule has 1 saturated carbocycles. The number of benzene rings is 4. The van der Waals surface area contributed by atoms with Gasteiger partial charge in [0.15, 0.2) is 17.6 Å². The third-order valence-corrected chi connectivity index (χ3v) is 14.9. The zero-order valence-corrected chi connectivity index (χ0v) is 38.7. The van der Waals surface area contributed by atoms with Crippen molar-refractivity contribution in [3.05, 3.63) is 106 Å². The number of phenolic OH excluding ortho intramolecular Hbond substituents is 2. The van der Waals surface area contributed by atoms with E-state index in [4.69, 9.17) is 18.9 Å². The molecule has 5 aromatic rings. The number of fused-ring (bicyclic) bond motifs is 8. The van der Waals surface area contributed by atoms with Crippen molar-refractivity contribution < 1.29 is 39.4 Å². The molecule has 66 heavy (non-hydrogen) atoms. The van der Waals surface area contributed by atoms with E-state index in [2.05, 4.69) is 77.3 Å². The Morgan fingerprint density at radius 3 is 2.55 bits per heavy atom. The van der Waals surface area contributed by atoms with Gasteiger partial charge in [0.25, 0.3) is 0 Å². The number of aromatic hydroxyl groups is 2. The highest BCUT2D eigenvalue weighted by atomic mass is 16.6. The number of ether oxygens (including phenoxy) is 4. The highest BCUT2D eigenvalue weighted by Gasteiger charge is 2.51. The monoisotopic (exact) mass is 898 g/mol. The van der Waals surface area contributed by atoms with Gasteiger partial charge in [-0.3, -0.25) is 5.32 Å². The number of methoxy groups -OCH3 is 1. The second kappa shape index (κ2) is 18.2. The van der Waals surface area contributed by atoms with Gasteiger partial charge in [0.05, 0.1) is 26.0 Å². The summed E-state index contributed by atoms with van der Waals surface area (Å²) in [5, 5.41) is 56.1. The van der Waals surface area contributed by atoms with Crippen LogP contribution in [-0.2, 0) is 24.0 Å². The van der Waals surface area contributed by atoms with E-state index in [1.807, 2.05) is 25.3 Å². The summed E-state index contributed by atoms with van der Waals surface area (Å²) >= 11 is 0. The molecule has 4 aromatic carbocycles. The maximum absolute atomic E-state index is 11.5.